The van der Waals surface area contributed by atoms with Crippen LogP contribution in [-0.4, -0.2) is 24.6 Å². The van der Waals surface area contributed by atoms with E-state index in [4.69, 9.17) is 4.74 Å². The van der Waals surface area contributed by atoms with Gasteiger partial charge in [0.15, 0.2) is 0 Å². The first-order chi connectivity index (χ1) is 8.34. The molecule has 0 bridgehead atoms. The fraction of sp³-hybridized carbons (Fsp3) is 0.533. The predicted octanol–water partition coefficient (Wildman–Crippen LogP) is 3.57. The SMILES string of the molecule is CCOC(=O)N(C)Cc1ccc(C(C)(C)C)cc1. The van der Waals surface area contributed by atoms with Crippen LogP contribution in [0.5, 0.6) is 0 Å². The summed E-state index contributed by atoms with van der Waals surface area (Å²) >= 11 is 0. The number of carbonyl (C=O) groups excluding carboxylic acids is 1. The smallest absolute Gasteiger partial charge is 0.409 e. The summed E-state index contributed by atoms with van der Waals surface area (Å²) in [5.74, 6) is 0. The highest BCUT2D eigenvalue weighted by atomic mass is 16.5. The predicted molar refractivity (Wildman–Crippen MR) is 73.6 cm³/mol. The second-order valence-corrected chi connectivity index (χ2v) is 5.50. The van der Waals surface area contributed by atoms with Gasteiger partial charge in [0, 0.05) is 13.6 Å². The van der Waals surface area contributed by atoms with Gasteiger partial charge < -0.3 is 9.64 Å². The van der Waals surface area contributed by atoms with Crippen molar-refractivity contribution in [3.8, 4) is 0 Å². The van der Waals surface area contributed by atoms with Crippen LogP contribution in [0.25, 0.3) is 0 Å². The minimum atomic E-state index is -0.280. The molecule has 0 N–H and O–H groups in total. The number of nitrogens with zero attached hydrogens (tertiary/aromatic N) is 1. The molecule has 0 atom stereocenters. The van der Waals surface area contributed by atoms with Crippen molar-refractivity contribution in [3.05, 3.63) is 35.4 Å². The fourth-order valence-corrected chi connectivity index (χ4v) is 1.68. The molecule has 0 fully saturated rings. The summed E-state index contributed by atoms with van der Waals surface area (Å²) in [7, 11) is 1.75. The summed E-state index contributed by atoms with van der Waals surface area (Å²) in [4.78, 5) is 13.1. The Morgan fingerprint density at radius 3 is 2.22 bits per heavy atom. The van der Waals surface area contributed by atoms with Crippen molar-refractivity contribution in [1.82, 2.24) is 4.90 Å². The van der Waals surface area contributed by atoms with E-state index < -0.39 is 0 Å². The third kappa shape index (κ3) is 4.06. The summed E-state index contributed by atoms with van der Waals surface area (Å²) in [6, 6.07) is 8.37. The van der Waals surface area contributed by atoms with Crippen LogP contribution in [0, 0.1) is 0 Å². The van der Waals surface area contributed by atoms with Gasteiger partial charge in [-0.15, -0.1) is 0 Å². The highest BCUT2D eigenvalue weighted by Crippen LogP contribution is 2.22. The lowest BCUT2D eigenvalue weighted by Gasteiger charge is -2.20. The molecule has 0 unspecified atom stereocenters. The Labute approximate surface area is 110 Å². The number of hydrogen-bond acceptors (Lipinski definition) is 2. The third-order valence-corrected chi connectivity index (χ3v) is 2.82. The minimum Gasteiger partial charge on any atom is -0.450 e. The molecule has 0 aliphatic carbocycles. The van der Waals surface area contributed by atoms with E-state index in [0.29, 0.717) is 13.2 Å². The molecule has 18 heavy (non-hydrogen) atoms. The molecule has 0 saturated carbocycles. The lowest BCUT2D eigenvalue weighted by Crippen LogP contribution is -2.26. The molecule has 0 aliphatic rings. The first kappa shape index (κ1) is 14.6. The van der Waals surface area contributed by atoms with Crippen LogP contribution in [0.2, 0.25) is 0 Å². The highest BCUT2D eigenvalue weighted by Gasteiger charge is 2.14. The van der Waals surface area contributed by atoms with Gasteiger partial charge in [-0.3, -0.25) is 0 Å². The molecule has 0 radical (unpaired) electrons. The van der Waals surface area contributed by atoms with Crippen LogP contribution in [0.15, 0.2) is 24.3 Å². The number of benzene rings is 1. The Hall–Kier alpha value is -1.51. The van der Waals surface area contributed by atoms with Crippen molar-refractivity contribution in [2.75, 3.05) is 13.7 Å². The van der Waals surface area contributed by atoms with E-state index in [9.17, 15) is 4.79 Å². The van der Waals surface area contributed by atoms with Gasteiger partial charge in [-0.25, -0.2) is 4.79 Å². The highest BCUT2D eigenvalue weighted by molar-refractivity contribution is 5.67. The van der Waals surface area contributed by atoms with E-state index in [2.05, 4.69) is 45.0 Å². The molecule has 3 nitrogen and oxygen atoms in total. The first-order valence-corrected chi connectivity index (χ1v) is 6.32. The Morgan fingerprint density at radius 2 is 1.78 bits per heavy atom. The summed E-state index contributed by atoms with van der Waals surface area (Å²) < 4.78 is 4.94. The van der Waals surface area contributed by atoms with Gasteiger partial charge in [0.05, 0.1) is 6.61 Å². The fourth-order valence-electron chi connectivity index (χ4n) is 1.68. The average molecular weight is 249 g/mol. The lowest BCUT2D eigenvalue weighted by molar-refractivity contribution is 0.114. The molecular formula is C15H23NO2. The standard InChI is InChI=1S/C15H23NO2/c1-6-18-14(17)16(5)11-12-7-9-13(10-8-12)15(2,3)4/h7-10H,6,11H2,1-5H3. The second-order valence-electron chi connectivity index (χ2n) is 5.50. The number of hydrogen-bond donors (Lipinski definition) is 0. The normalized spacial score (nSPS) is 11.2. The maximum absolute atomic E-state index is 11.5. The van der Waals surface area contributed by atoms with Crippen LogP contribution in [0.4, 0.5) is 4.79 Å². The van der Waals surface area contributed by atoms with E-state index in [1.54, 1.807) is 11.9 Å². The minimum absolute atomic E-state index is 0.158. The number of amides is 1. The molecule has 3 heteroatoms. The second kappa shape index (κ2) is 5.89. The van der Waals surface area contributed by atoms with Gasteiger partial charge in [0.2, 0.25) is 0 Å². The Balaban J connectivity index is 2.67. The molecule has 0 spiro atoms. The van der Waals surface area contributed by atoms with Crippen molar-refractivity contribution < 1.29 is 9.53 Å². The van der Waals surface area contributed by atoms with E-state index in [1.165, 1.54) is 5.56 Å². The zero-order valence-electron chi connectivity index (χ0n) is 12.0. The summed E-state index contributed by atoms with van der Waals surface area (Å²) in [6.07, 6.45) is -0.280. The van der Waals surface area contributed by atoms with Crippen LogP contribution in [-0.2, 0) is 16.7 Å². The van der Waals surface area contributed by atoms with Gasteiger partial charge in [0.25, 0.3) is 0 Å². The monoisotopic (exact) mass is 249 g/mol. The number of rotatable bonds is 3. The van der Waals surface area contributed by atoms with Gasteiger partial charge in [-0.05, 0) is 23.5 Å². The van der Waals surface area contributed by atoms with E-state index >= 15 is 0 Å². The van der Waals surface area contributed by atoms with Gasteiger partial charge in [-0.2, -0.15) is 0 Å². The molecule has 0 aliphatic heterocycles. The average Bonchev–Trinajstić information content (AvgIpc) is 2.28. The summed E-state index contributed by atoms with van der Waals surface area (Å²) in [5, 5.41) is 0. The Morgan fingerprint density at radius 1 is 1.22 bits per heavy atom. The maximum Gasteiger partial charge on any atom is 0.409 e. The van der Waals surface area contributed by atoms with Crippen LogP contribution in [0.3, 0.4) is 0 Å². The van der Waals surface area contributed by atoms with Crippen molar-refractivity contribution in [1.29, 1.82) is 0 Å². The lowest BCUT2D eigenvalue weighted by atomic mass is 9.87. The largest absolute Gasteiger partial charge is 0.450 e. The molecule has 1 amide bonds. The third-order valence-electron chi connectivity index (χ3n) is 2.82. The molecule has 0 aromatic heterocycles. The molecular weight excluding hydrogens is 226 g/mol. The quantitative estimate of drug-likeness (QED) is 0.819. The van der Waals surface area contributed by atoms with E-state index in [0.717, 1.165) is 5.56 Å². The van der Waals surface area contributed by atoms with Crippen LogP contribution in [0.1, 0.15) is 38.8 Å². The molecule has 100 valence electrons. The van der Waals surface area contributed by atoms with Crippen LogP contribution < -0.4 is 0 Å². The molecule has 1 aromatic rings. The molecule has 1 aromatic carbocycles. The first-order valence-electron chi connectivity index (χ1n) is 6.32. The summed E-state index contributed by atoms with van der Waals surface area (Å²) in [6.45, 7) is 9.35. The van der Waals surface area contributed by atoms with Gasteiger partial charge >= 0.3 is 6.09 Å². The Bertz CT molecular complexity index is 390. The van der Waals surface area contributed by atoms with Crippen molar-refractivity contribution >= 4 is 6.09 Å². The molecule has 0 heterocycles. The number of carbonyl (C=O) groups is 1. The van der Waals surface area contributed by atoms with Crippen molar-refractivity contribution in [3.63, 3.8) is 0 Å². The van der Waals surface area contributed by atoms with E-state index in [-0.39, 0.29) is 11.5 Å². The van der Waals surface area contributed by atoms with Crippen LogP contribution >= 0.6 is 0 Å². The maximum atomic E-state index is 11.5. The molecule has 0 saturated heterocycles. The topological polar surface area (TPSA) is 29.5 Å². The number of ether oxygens (including phenoxy) is 1. The van der Waals surface area contributed by atoms with Crippen molar-refractivity contribution in [2.24, 2.45) is 0 Å². The summed E-state index contributed by atoms with van der Waals surface area (Å²) in [5.41, 5.74) is 2.56. The molecule has 1 rings (SSSR count). The zero-order valence-corrected chi connectivity index (χ0v) is 12.0. The van der Waals surface area contributed by atoms with Gasteiger partial charge in [-0.1, -0.05) is 45.0 Å². The van der Waals surface area contributed by atoms with E-state index in [1.807, 2.05) is 6.92 Å². The van der Waals surface area contributed by atoms with Gasteiger partial charge in [0.1, 0.15) is 0 Å². The van der Waals surface area contributed by atoms with Crippen molar-refractivity contribution in [2.45, 2.75) is 39.7 Å². The Kier molecular flexibility index (Phi) is 4.76. The zero-order chi connectivity index (χ0) is 13.8.